The van der Waals surface area contributed by atoms with Gasteiger partial charge in [0, 0.05) is 10.9 Å². The maximum Gasteiger partial charge on any atom is 0.0438 e. The minimum absolute atomic E-state index is 0.477. The Bertz CT molecular complexity index is 488. The normalized spacial score (nSPS) is 12.8. The van der Waals surface area contributed by atoms with Crippen LogP contribution in [0, 0.1) is 12.8 Å². The molecule has 2 aromatic rings. The fraction of sp³-hybridized carbons (Fsp3) is 0.412. The highest BCUT2D eigenvalue weighted by atomic mass is 32.1. The molecule has 0 saturated carbocycles. The lowest BCUT2D eigenvalue weighted by Gasteiger charge is -2.21. The van der Waals surface area contributed by atoms with Crippen LogP contribution in [0.25, 0.3) is 0 Å². The van der Waals surface area contributed by atoms with E-state index in [0.717, 1.165) is 13.0 Å². The van der Waals surface area contributed by atoms with Crippen molar-refractivity contribution in [3.8, 4) is 0 Å². The van der Waals surface area contributed by atoms with E-state index in [4.69, 9.17) is 0 Å². The van der Waals surface area contributed by atoms with Crippen LogP contribution in [-0.4, -0.2) is 6.54 Å². The molecule has 1 aromatic heterocycles. The lowest BCUT2D eigenvalue weighted by molar-refractivity contribution is 0.420. The van der Waals surface area contributed by atoms with E-state index in [0.29, 0.717) is 12.0 Å². The molecule has 19 heavy (non-hydrogen) atoms. The Morgan fingerprint density at radius 3 is 2.63 bits per heavy atom. The molecule has 0 saturated heterocycles. The minimum Gasteiger partial charge on any atom is -0.309 e. The van der Waals surface area contributed by atoms with Gasteiger partial charge in [0.25, 0.3) is 0 Å². The molecule has 0 radical (unpaired) electrons. The van der Waals surface area contributed by atoms with Crippen LogP contribution in [0.1, 0.15) is 35.9 Å². The minimum atomic E-state index is 0.477. The molecule has 1 aromatic carbocycles. The third-order valence-corrected chi connectivity index (χ3v) is 4.33. The number of aryl methyl sites for hydroxylation is 1. The third-order valence-electron chi connectivity index (χ3n) is 3.38. The first-order chi connectivity index (χ1) is 9.16. The Labute approximate surface area is 120 Å². The first-order valence-electron chi connectivity index (χ1n) is 6.99. The molecular formula is C17H23NS. The summed E-state index contributed by atoms with van der Waals surface area (Å²) in [6.45, 7) is 7.75. The fourth-order valence-electron chi connectivity index (χ4n) is 2.37. The van der Waals surface area contributed by atoms with Crippen molar-refractivity contribution in [2.45, 2.75) is 33.2 Å². The Kier molecular flexibility index (Phi) is 5.17. The van der Waals surface area contributed by atoms with E-state index in [1.807, 2.05) is 11.3 Å². The summed E-state index contributed by atoms with van der Waals surface area (Å²) in [5, 5.41) is 5.86. The van der Waals surface area contributed by atoms with Gasteiger partial charge in [-0.1, -0.05) is 49.7 Å². The smallest absolute Gasteiger partial charge is 0.0438 e. The number of hydrogen-bond donors (Lipinski definition) is 1. The molecule has 1 atom stereocenters. The van der Waals surface area contributed by atoms with Gasteiger partial charge in [-0.15, -0.1) is 11.3 Å². The van der Waals surface area contributed by atoms with Crippen molar-refractivity contribution < 1.29 is 0 Å². The molecule has 0 aliphatic carbocycles. The number of benzene rings is 1. The van der Waals surface area contributed by atoms with Gasteiger partial charge < -0.3 is 5.32 Å². The van der Waals surface area contributed by atoms with E-state index in [9.17, 15) is 0 Å². The van der Waals surface area contributed by atoms with Crippen LogP contribution in [0.4, 0.5) is 0 Å². The van der Waals surface area contributed by atoms with Gasteiger partial charge in [0.15, 0.2) is 0 Å². The van der Waals surface area contributed by atoms with Crippen molar-refractivity contribution in [1.29, 1.82) is 0 Å². The molecule has 0 fully saturated rings. The highest BCUT2D eigenvalue weighted by Gasteiger charge is 2.15. The van der Waals surface area contributed by atoms with Crippen LogP contribution in [-0.2, 0) is 6.42 Å². The molecular weight excluding hydrogens is 250 g/mol. The van der Waals surface area contributed by atoms with Crippen LogP contribution >= 0.6 is 11.3 Å². The van der Waals surface area contributed by atoms with Gasteiger partial charge in [-0.25, -0.2) is 0 Å². The molecule has 2 rings (SSSR count). The van der Waals surface area contributed by atoms with Crippen molar-refractivity contribution in [2.24, 2.45) is 5.92 Å². The largest absolute Gasteiger partial charge is 0.309 e. The summed E-state index contributed by atoms with van der Waals surface area (Å²) < 4.78 is 0. The van der Waals surface area contributed by atoms with Gasteiger partial charge in [0.2, 0.25) is 0 Å². The van der Waals surface area contributed by atoms with Crippen LogP contribution in [0.3, 0.4) is 0 Å². The lowest BCUT2D eigenvalue weighted by Crippen LogP contribution is -2.27. The molecule has 102 valence electrons. The van der Waals surface area contributed by atoms with Gasteiger partial charge in [-0.2, -0.15) is 0 Å². The number of rotatable bonds is 6. The highest BCUT2D eigenvalue weighted by Crippen LogP contribution is 2.25. The van der Waals surface area contributed by atoms with E-state index in [1.54, 1.807) is 0 Å². The number of thiophene rings is 1. The second kappa shape index (κ2) is 6.88. The first kappa shape index (κ1) is 14.3. The van der Waals surface area contributed by atoms with E-state index < -0.39 is 0 Å². The summed E-state index contributed by atoms with van der Waals surface area (Å²) in [6, 6.07) is 13.6. The van der Waals surface area contributed by atoms with E-state index >= 15 is 0 Å². The number of hydrogen-bond acceptors (Lipinski definition) is 2. The molecule has 0 aliphatic heterocycles. The highest BCUT2D eigenvalue weighted by molar-refractivity contribution is 7.10. The average molecular weight is 273 g/mol. The molecule has 1 N–H and O–H groups in total. The van der Waals surface area contributed by atoms with Crippen LogP contribution < -0.4 is 5.32 Å². The van der Waals surface area contributed by atoms with Crippen LogP contribution in [0.5, 0.6) is 0 Å². The Morgan fingerprint density at radius 1 is 1.16 bits per heavy atom. The zero-order valence-corrected chi connectivity index (χ0v) is 12.8. The lowest BCUT2D eigenvalue weighted by atomic mass is 10.0. The summed E-state index contributed by atoms with van der Waals surface area (Å²) in [5.74, 6) is 0.621. The van der Waals surface area contributed by atoms with Gasteiger partial charge in [0.1, 0.15) is 0 Å². The maximum atomic E-state index is 3.70. The maximum absolute atomic E-state index is 3.70. The Hall–Kier alpha value is -1.12. The zero-order valence-electron chi connectivity index (χ0n) is 12.0. The van der Waals surface area contributed by atoms with Gasteiger partial charge in [0.05, 0.1) is 0 Å². The number of nitrogens with one attached hydrogen (secondary N) is 1. The van der Waals surface area contributed by atoms with Gasteiger partial charge >= 0.3 is 0 Å². The summed E-state index contributed by atoms with van der Waals surface area (Å²) in [7, 11) is 0. The van der Waals surface area contributed by atoms with Gasteiger partial charge in [-0.05, 0) is 42.8 Å². The third kappa shape index (κ3) is 4.19. The predicted octanol–water partition coefficient (Wildman–Crippen LogP) is 4.59. The summed E-state index contributed by atoms with van der Waals surface area (Å²) in [4.78, 5) is 1.44. The van der Waals surface area contributed by atoms with Crippen LogP contribution in [0.2, 0.25) is 0 Å². The molecule has 1 unspecified atom stereocenters. The molecule has 0 aliphatic rings. The first-order valence-corrected chi connectivity index (χ1v) is 7.87. The molecule has 0 amide bonds. The Balaban J connectivity index is 1.90. The van der Waals surface area contributed by atoms with Crippen LogP contribution in [0.15, 0.2) is 41.8 Å². The second-order valence-corrected chi connectivity index (χ2v) is 6.41. The topological polar surface area (TPSA) is 12.0 Å². The SMILES string of the molecule is Cc1cccc(CCNC(c2cccs2)C(C)C)c1. The van der Waals surface area contributed by atoms with Crippen molar-refractivity contribution in [2.75, 3.05) is 6.54 Å². The van der Waals surface area contributed by atoms with Crippen molar-refractivity contribution >= 4 is 11.3 Å². The molecule has 0 bridgehead atoms. The van der Waals surface area contributed by atoms with E-state index in [-0.39, 0.29) is 0 Å². The van der Waals surface area contributed by atoms with Crippen molar-refractivity contribution in [1.82, 2.24) is 5.32 Å². The second-order valence-electron chi connectivity index (χ2n) is 5.43. The van der Waals surface area contributed by atoms with E-state index in [2.05, 4.69) is 67.9 Å². The standard InChI is InChI=1S/C17H23NS/c1-13(2)17(16-8-5-11-19-16)18-10-9-15-7-4-6-14(3)12-15/h4-8,11-13,17-18H,9-10H2,1-3H3. The fourth-order valence-corrected chi connectivity index (χ4v) is 3.35. The van der Waals surface area contributed by atoms with Crippen molar-refractivity contribution in [3.63, 3.8) is 0 Å². The van der Waals surface area contributed by atoms with Gasteiger partial charge in [-0.3, -0.25) is 0 Å². The quantitative estimate of drug-likeness (QED) is 0.812. The zero-order chi connectivity index (χ0) is 13.7. The van der Waals surface area contributed by atoms with E-state index in [1.165, 1.54) is 16.0 Å². The molecule has 1 heterocycles. The average Bonchev–Trinajstić information content (AvgIpc) is 2.88. The monoisotopic (exact) mass is 273 g/mol. The summed E-state index contributed by atoms with van der Waals surface area (Å²) in [5.41, 5.74) is 2.76. The molecule has 1 nitrogen and oxygen atoms in total. The van der Waals surface area contributed by atoms with Crippen molar-refractivity contribution in [3.05, 3.63) is 57.8 Å². The summed E-state index contributed by atoms with van der Waals surface area (Å²) in [6.07, 6.45) is 1.09. The summed E-state index contributed by atoms with van der Waals surface area (Å²) >= 11 is 1.85. The molecule has 0 spiro atoms. The molecule has 2 heteroatoms. The Morgan fingerprint density at radius 2 is 2.00 bits per heavy atom. The predicted molar refractivity (Wildman–Crippen MR) is 84.8 cm³/mol.